The molecule has 0 saturated carbocycles. The van der Waals surface area contributed by atoms with E-state index >= 15 is 0 Å². The molecule has 200 valence electrons. The smallest absolute Gasteiger partial charge is 0.178 e. The van der Waals surface area contributed by atoms with Crippen LogP contribution in [0.3, 0.4) is 0 Å². The van der Waals surface area contributed by atoms with Gasteiger partial charge in [0.1, 0.15) is 17.2 Å². The average molecular weight is 539 g/mol. The van der Waals surface area contributed by atoms with E-state index in [2.05, 4.69) is 11.8 Å². The summed E-state index contributed by atoms with van der Waals surface area (Å²) in [5, 5.41) is 19.7. The normalized spacial score (nSPS) is 12.0. The number of ketones is 1. The molecule has 0 aromatic heterocycles. The lowest BCUT2D eigenvalue weighted by Crippen LogP contribution is -2.04. The molecule has 0 radical (unpaired) electrons. The predicted molar refractivity (Wildman–Crippen MR) is 160 cm³/mol. The quantitative estimate of drug-likeness (QED) is 0.207. The molecular formula is C36H26O5. The summed E-state index contributed by atoms with van der Waals surface area (Å²) in [6, 6.07) is 24.6. The van der Waals surface area contributed by atoms with Gasteiger partial charge in [0.05, 0.1) is 6.61 Å². The summed E-state index contributed by atoms with van der Waals surface area (Å²) in [4.78, 5) is 24.5. The molecule has 0 saturated heterocycles. The van der Waals surface area contributed by atoms with E-state index in [4.69, 9.17) is 4.74 Å². The summed E-state index contributed by atoms with van der Waals surface area (Å²) in [6.45, 7) is 2.45. The number of rotatable bonds is 6. The van der Waals surface area contributed by atoms with Gasteiger partial charge in [-0.15, -0.1) is 0 Å². The zero-order chi connectivity index (χ0) is 28.8. The van der Waals surface area contributed by atoms with E-state index in [1.165, 1.54) is 12.2 Å². The molecule has 1 aliphatic rings. The minimum absolute atomic E-state index is 0.118. The number of phenolic OH excluding ortho intramolecular Hbond substituents is 2. The molecule has 0 bridgehead atoms. The fourth-order valence-electron chi connectivity index (χ4n) is 4.63. The molecule has 4 aromatic carbocycles. The van der Waals surface area contributed by atoms with Crippen molar-refractivity contribution in [3.05, 3.63) is 143 Å². The second-order valence-electron chi connectivity index (χ2n) is 9.27. The summed E-state index contributed by atoms with van der Waals surface area (Å²) >= 11 is 0. The number of carbonyl (C=O) groups is 2. The third kappa shape index (κ3) is 6.03. The van der Waals surface area contributed by atoms with Crippen LogP contribution < -0.4 is 4.74 Å². The number of aldehydes is 1. The number of aromatic hydroxyl groups is 2. The van der Waals surface area contributed by atoms with Gasteiger partial charge in [-0.1, -0.05) is 54.3 Å². The molecule has 0 heterocycles. The number of phenols is 2. The number of carbonyl (C=O) groups excluding carboxylic acids is 2. The third-order valence-corrected chi connectivity index (χ3v) is 6.59. The molecule has 2 N–H and O–H groups in total. The molecule has 0 atom stereocenters. The standard InChI is InChI=1S/C36H26O5/c1-2-41-32-19-10-27(11-20-32)35(26-8-17-31(40)18-9-26)36-33(25-6-15-30(39)16-7-25)22-12-28(23-37)34(36)21-5-24-3-13-29(38)14-4-24/h3-4,6-20,22-23,38-39H,2H2,1H3. The maximum absolute atomic E-state index is 12.4. The number of hydrogen-bond acceptors (Lipinski definition) is 5. The Bertz CT molecular complexity index is 1740. The second-order valence-corrected chi connectivity index (χ2v) is 9.27. The Morgan fingerprint density at radius 1 is 0.780 bits per heavy atom. The maximum atomic E-state index is 12.4. The largest absolute Gasteiger partial charge is 0.508 e. The van der Waals surface area contributed by atoms with Crippen LogP contribution >= 0.6 is 0 Å². The van der Waals surface area contributed by atoms with Gasteiger partial charge in [-0.3, -0.25) is 9.59 Å². The lowest BCUT2D eigenvalue weighted by atomic mass is 9.82. The summed E-state index contributed by atoms with van der Waals surface area (Å²) < 4.78 is 5.67. The number of benzene rings is 4. The lowest BCUT2D eigenvalue weighted by Gasteiger charge is -2.21. The van der Waals surface area contributed by atoms with Gasteiger partial charge in [0.25, 0.3) is 0 Å². The monoisotopic (exact) mass is 538 g/mol. The average Bonchev–Trinajstić information content (AvgIpc) is 2.99. The zero-order valence-corrected chi connectivity index (χ0v) is 22.3. The van der Waals surface area contributed by atoms with Crippen molar-refractivity contribution in [2.24, 2.45) is 0 Å². The van der Waals surface area contributed by atoms with Crippen molar-refractivity contribution in [3.8, 4) is 40.2 Å². The molecule has 0 fully saturated rings. The van der Waals surface area contributed by atoms with E-state index < -0.39 is 0 Å². The van der Waals surface area contributed by atoms with Gasteiger partial charge >= 0.3 is 0 Å². The Morgan fingerprint density at radius 3 is 2.02 bits per heavy atom. The van der Waals surface area contributed by atoms with Crippen LogP contribution in [0, 0.1) is 11.8 Å². The van der Waals surface area contributed by atoms with Gasteiger partial charge in [-0.05, 0) is 102 Å². The predicted octanol–water partition coefficient (Wildman–Crippen LogP) is 6.87. The van der Waals surface area contributed by atoms with Crippen molar-refractivity contribution >= 4 is 17.6 Å². The van der Waals surface area contributed by atoms with Gasteiger partial charge in [-0.2, -0.15) is 0 Å². The third-order valence-electron chi connectivity index (χ3n) is 6.59. The van der Waals surface area contributed by atoms with Gasteiger partial charge in [0, 0.05) is 22.3 Å². The Labute approximate surface area is 238 Å². The zero-order valence-electron chi connectivity index (χ0n) is 22.3. The summed E-state index contributed by atoms with van der Waals surface area (Å²) in [6.07, 6.45) is 7.32. The Kier molecular flexibility index (Phi) is 7.94. The molecule has 0 aliphatic heterocycles. The van der Waals surface area contributed by atoms with Crippen LogP contribution in [0.25, 0.3) is 16.7 Å². The molecule has 4 aromatic rings. The van der Waals surface area contributed by atoms with Crippen molar-refractivity contribution in [1.82, 2.24) is 0 Å². The van der Waals surface area contributed by atoms with Gasteiger partial charge < -0.3 is 14.9 Å². The summed E-state index contributed by atoms with van der Waals surface area (Å²) in [7, 11) is 0. The first kappa shape index (κ1) is 27.0. The fourth-order valence-corrected chi connectivity index (χ4v) is 4.63. The topological polar surface area (TPSA) is 83.8 Å². The van der Waals surface area contributed by atoms with E-state index in [0.29, 0.717) is 28.9 Å². The van der Waals surface area contributed by atoms with Crippen molar-refractivity contribution in [1.29, 1.82) is 0 Å². The lowest BCUT2D eigenvalue weighted by molar-refractivity contribution is -0.110. The van der Waals surface area contributed by atoms with Crippen LogP contribution in [-0.2, 0) is 4.79 Å². The Morgan fingerprint density at radius 2 is 1.41 bits per heavy atom. The highest BCUT2D eigenvalue weighted by Gasteiger charge is 2.21. The molecule has 1 aliphatic carbocycles. The molecule has 5 heteroatoms. The number of hydrogen-bond donors (Lipinski definition) is 2. The molecular weight excluding hydrogens is 512 g/mol. The van der Waals surface area contributed by atoms with Crippen molar-refractivity contribution < 1.29 is 24.5 Å². The van der Waals surface area contributed by atoms with E-state index in [1.54, 1.807) is 54.6 Å². The van der Waals surface area contributed by atoms with E-state index in [-0.39, 0.29) is 17.3 Å². The highest BCUT2D eigenvalue weighted by molar-refractivity contribution is 6.04. The highest BCUT2D eigenvalue weighted by atomic mass is 16.5. The number of allylic oxidation sites excluding steroid dienone is 5. The van der Waals surface area contributed by atoms with Crippen LogP contribution in [0.1, 0.15) is 39.5 Å². The van der Waals surface area contributed by atoms with Crippen LogP contribution in [0.5, 0.6) is 17.2 Å². The minimum atomic E-state index is -0.118. The van der Waals surface area contributed by atoms with Gasteiger partial charge in [0.2, 0.25) is 0 Å². The molecule has 5 nitrogen and oxygen atoms in total. The molecule has 41 heavy (non-hydrogen) atoms. The summed E-state index contributed by atoms with van der Waals surface area (Å²) in [5.41, 5.74) is 6.26. The SMILES string of the molecule is CCOc1ccc(C(=C2C=CC(=O)C=C2)c2c(-c3ccc(O)cc3)ccc(C=O)c2C#Cc2ccc(O)cc2)cc1. The van der Waals surface area contributed by atoms with Crippen LogP contribution in [0.4, 0.5) is 0 Å². The first-order valence-corrected chi connectivity index (χ1v) is 13.1. The van der Waals surface area contributed by atoms with Crippen molar-refractivity contribution in [2.75, 3.05) is 6.61 Å². The number of ether oxygens (including phenoxy) is 1. The van der Waals surface area contributed by atoms with E-state index in [9.17, 15) is 19.8 Å². The molecule has 0 amide bonds. The minimum Gasteiger partial charge on any atom is -0.508 e. The van der Waals surface area contributed by atoms with Crippen molar-refractivity contribution in [3.63, 3.8) is 0 Å². The summed E-state index contributed by atoms with van der Waals surface area (Å²) in [5.74, 6) is 7.24. The van der Waals surface area contributed by atoms with Crippen molar-refractivity contribution in [2.45, 2.75) is 6.92 Å². The van der Waals surface area contributed by atoms with Crippen LogP contribution in [0.2, 0.25) is 0 Å². The Balaban J connectivity index is 1.86. The van der Waals surface area contributed by atoms with E-state index in [1.807, 2.05) is 49.4 Å². The maximum Gasteiger partial charge on any atom is 0.178 e. The first-order valence-electron chi connectivity index (χ1n) is 13.1. The Hall–Kier alpha value is -5.60. The molecule has 5 rings (SSSR count). The van der Waals surface area contributed by atoms with Crippen LogP contribution in [0.15, 0.2) is 115 Å². The van der Waals surface area contributed by atoms with Gasteiger partial charge in [0.15, 0.2) is 12.1 Å². The second kappa shape index (κ2) is 12.1. The van der Waals surface area contributed by atoms with Gasteiger partial charge in [-0.25, -0.2) is 0 Å². The highest BCUT2D eigenvalue weighted by Crippen LogP contribution is 2.40. The molecule has 0 spiro atoms. The van der Waals surface area contributed by atoms with E-state index in [0.717, 1.165) is 39.9 Å². The first-order chi connectivity index (χ1) is 20.0. The fraction of sp³-hybridized carbons (Fsp3) is 0.0556. The molecule has 0 unspecified atom stereocenters. The van der Waals surface area contributed by atoms with Crippen LogP contribution in [-0.4, -0.2) is 28.9 Å².